The van der Waals surface area contributed by atoms with E-state index in [1.54, 1.807) is 0 Å². The number of hydrogen-bond donors (Lipinski definition) is 1. The van der Waals surface area contributed by atoms with Gasteiger partial charge in [-0.05, 0) is 44.0 Å². The number of carbonyl (C=O) groups is 2. The van der Waals surface area contributed by atoms with Gasteiger partial charge in [0, 0.05) is 31.7 Å². The van der Waals surface area contributed by atoms with Crippen LogP contribution in [-0.2, 0) is 11.3 Å². The number of carbonyl (C=O) groups excluding carboxylic acids is 2. The second-order valence-corrected chi connectivity index (χ2v) is 5.95. The van der Waals surface area contributed by atoms with Gasteiger partial charge in [0.05, 0.1) is 6.54 Å². The smallest absolute Gasteiger partial charge is 0.253 e. The van der Waals surface area contributed by atoms with Gasteiger partial charge in [0.2, 0.25) is 5.91 Å². The summed E-state index contributed by atoms with van der Waals surface area (Å²) in [4.78, 5) is 28.0. The maximum atomic E-state index is 12.3. The summed E-state index contributed by atoms with van der Waals surface area (Å²) in [7, 11) is 0. The summed E-state index contributed by atoms with van der Waals surface area (Å²) in [5, 5.41) is 2.82. The van der Waals surface area contributed by atoms with Gasteiger partial charge in [-0.15, -0.1) is 0 Å². The SMILES string of the molecule is CCNC(=O)CN(CC)Cc1ccc(C(=O)N2CCCC2)cc1. The summed E-state index contributed by atoms with van der Waals surface area (Å²) >= 11 is 0. The Hall–Kier alpha value is -1.88. The average Bonchev–Trinajstić information content (AvgIpc) is 3.09. The number of nitrogens with one attached hydrogen (secondary N) is 1. The topological polar surface area (TPSA) is 52.7 Å². The summed E-state index contributed by atoms with van der Waals surface area (Å²) in [5.41, 5.74) is 1.87. The number of hydrogen-bond acceptors (Lipinski definition) is 3. The van der Waals surface area contributed by atoms with Crippen molar-refractivity contribution in [2.24, 2.45) is 0 Å². The van der Waals surface area contributed by atoms with Crippen LogP contribution in [-0.4, -0.2) is 54.3 Å². The first-order chi connectivity index (χ1) is 11.1. The Balaban J connectivity index is 1.92. The zero-order valence-electron chi connectivity index (χ0n) is 14.2. The van der Waals surface area contributed by atoms with E-state index in [0.717, 1.165) is 43.6 Å². The molecule has 0 bridgehead atoms. The lowest BCUT2D eigenvalue weighted by molar-refractivity contribution is -0.122. The fraction of sp³-hybridized carbons (Fsp3) is 0.556. The van der Waals surface area contributed by atoms with Crippen LogP contribution in [0.15, 0.2) is 24.3 Å². The highest BCUT2D eigenvalue weighted by Crippen LogP contribution is 2.14. The van der Waals surface area contributed by atoms with Crippen LogP contribution in [0.1, 0.15) is 42.6 Å². The molecule has 0 saturated carbocycles. The molecule has 1 heterocycles. The van der Waals surface area contributed by atoms with E-state index in [1.807, 2.05) is 43.0 Å². The molecule has 1 saturated heterocycles. The van der Waals surface area contributed by atoms with Crippen molar-refractivity contribution in [3.63, 3.8) is 0 Å². The Morgan fingerprint density at radius 3 is 2.35 bits per heavy atom. The van der Waals surface area contributed by atoms with Crippen LogP contribution < -0.4 is 5.32 Å². The van der Waals surface area contributed by atoms with Gasteiger partial charge < -0.3 is 10.2 Å². The van der Waals surface area contributed by atoms with Gasteiger partial charge in [-0.2, -0.15) is 0 Å². The number of likely N-dealkylation sites (N-methyl/N-ethyl adjacent to an activating group) is 2. The van der Waals surface area contributed by atoms with Crippen molar-refractivity contribution >= 4 is 11.8 Å². The molecule has 23 heavy (non-hydrogen) atoms. The summed E-state index contributed by atoms with van der Waals surface area (Å²) < 4.78 is 0. The number of amides is 2. The lowest BCUT2D eigenvalue weighted by Gasteiger charge is -2.20. The lowest BCUT2D eigenvalue weighted by Crippen LogP contribution is -2.36. The monoisotopic (exact) mass is 317 g/mol. The maximum Gasteiger partial charge on any atom is 0.253 e. The first kappa shape index (κ1) is 17.5. The van der Waals surface area contributed by atoms with Gasteiger partial charge in [0.1, 0.15) is 0 Å². The third kappa shape index (κ3) is 5.06. The van der Waals surface area contributed by atoms with E-state index >= 15 is 0 Å². The molecule has 0 aliphatic carbocycles. The summed E-state index contributed by atoms with van der Waals surface area (Å²) in [6, 6.07) is 7.78. The van der Waals surface area contributed by atoms with Crippen molar-refractivity contribution in [2.45, 2.75) is 33.2 Å². The third-order valence-electron chi connectivity index (χ3n) is 4.19. The van der Waals surface area contributed by atoms with Crippen molar-refractivity contribution in [1.29, 1.82) is 0 Å². The highest BCUT2D eigenvalue weighted by molar-refractivity contribution is 5.94. The molecule has 5 heteroatoms. The Morgan fingerprint density at radius 2 is 1.78 bits per heavy atom. The van der Waals surface area contributed by atoms with Crippen LogP contribution in [0.25, 0.3) is 0 Å². The molecule has 1 aromatic carbocycles. The molecule has 1 aliphatic rings. The van der Waals surface area contributed by atoms with Crippen molar-refractivity contribution < 1.29 is 9.59 Å². The molecule has 2 rings (SSSR count). The molecule has 5 nitrogen and oxygen atoms in total. The minimum atomic E-state index is 0.0511. The molecule has 0 radical (unpaired) electrons. The quantitative estimate of drug-likeness (QED) is 0.835. The largest absolute Gasteiger partial charge is 0.355 e. The van der Waals surface area contributed by atoms with Crippen molar-refractivity contribution in [3.05, 3.63) is 35.4 Å². The summed E-state index contributed by atoms with van der Waals surface area (Å²) in [6.45, 7) is 8.29. The molecule has 0 spiro atoms. The van der Waals surface area contributed by atoms with Gasteiger partial charge in [-0.25, -0.2) is 0 Å². The molecule has 0 unspecified atom stereocenters. The molecule has 0 atom stereocenters. The molecule has 1 aliphatic heterocycles. The normalized spacial score (nSPS) is 14.3. The molecular weight excluding hydrogens is 290 g/mol. The molecule has 1 aromatic rings. The number of benzene rings is 1. The van der Waals surface area contributed by atoms with Gasteiger partial charge in [0.25, 0.3) is 5.91 Å². The zero-order valence-corrected chi connectivity index (χ0v) is 14.2. The Kier molecular flexibility index (Phi) is 6.59. The first-order valence-corrected chi connectivity index (χ1v) is 8.51. The molecular formula is C18H27N3O2. The van der Waals surface area contributed by atoms with Gasteiger partial charge in [-0.1, -0.05) is 19.1 Å². The summed E-state index contributed by atoms with van der Waals surface area (Å²) in [6.07, 6.45) is 2.21. The molecule has 2 amide bonds. The van der Waals surface area contributed by atoms with E-state index in [0.29, 0.717) is 19.6 Å². The summed E-state index contributed by atoms with van der Waals surface area (Å²) in [5.74, 6) is 0.180. The van der Waals surface area contributed by atoms with E-state index in [9.17, 15) is 9.59 Å². The first-order valence-electron chi connectivity index (χ1n) is 8.51. The van der Waals surface area contributed by atoms with E-state index in [2.05, 4.69) is 10.2 Å². The Bertz CT molecular complexity index is 522. The molecule has 1 fully saturated rings. The second-order valence-electron chi connectivity index (χ2n) is 5.95. The van der Waals surface area contributed by atoms with Crippen molar-refractivity contribution in [1.82, 2.24) is 15.1 Å². The van der Waals surface area contributed by atoms with Crippen molar-refractivity contribution in [3.8, 4) is 0 Å². The molecule has 1 N–H and O–H groups in total. The van der Waals surface area contributed by atoms with Crippen LogP contribution in [0.5, 0.6) is 0 Å². The second kappa shape index (κ2) is 8.67. The minimum absolute atomic E-state index is 0.0511. The number of likely N-dealkylation sites (tertiary alicyclic amines) is 1. The average molecular weight is 317 g/mol. The predicted molar refractivity (Wildman–Crippen MR) is 91.2 cm³/mol. The zero-order chi connectivity index (χ0) is 16.7. The van der Waals surface area contributed by atoms with Crippen LogP contribution in [0.3, 0.4) is 0 Å². The lowest BCUT2D eigenvalue weighted by atomic mass is 10.1. The minimum Gasteiger partial charge on any atom is -0.355 e. The van der Waals surface area contributed by atoms with Gasteiger partial charge in [0.15, 0.2) is 0 Å². The maximum absolute atomic E-state index is 12.3. The van der Waals surface area contributed by atoms with E-state index < -0.39 is 0 Å². The van der Waals surface area contributed by atoms with Gasteiger partial charge >= 0.3 is 0 Å². The van der Waals surface area contributed by atoms with E-state index in [-0.39, 0.29) is 11.8 Å². The fourth-order valence-corrected chi connectivity index (χ4v) is 2.85. The van der Waals surface area contributed by atoms with Crippen LogP contribution in [0.4, 0.5) is 0 Å². The Labute approximate surface area is 138 Å². The highest BCUT2D eigenvalue weighted by atomic mass is 16.2. The van der Waals surface area contributed by atoms with Gasteiger partial charge in [-0.3, -0.25) is 14.5 Å². The molecule has 0 aromatic heterocycles. The number of rotatable bonds is 7. The fourth-order valence-electron chi connectivity index (χ4n) is 2.85. The van der Waals surface area contributed by atoms with Crippen LogP contribution >= 0.6 is 0 Å². The molecule has 126 valence electrons. The third-order valence-corrected chi connectivity index (χ3v) is 4.19. The highest BCUT2D eigenvalue weighted by Gasteiger charge is 2.19. The Morgan fingerprint density at radius 1 is 1.13 bits per heavy atom. The van der Waals surface area contributed by atoms with Crippen LogP contribution in [0, 0.1) is 0 Å². The standard InChI is InChI=1S/C18H27N3O2/c1-3-19-17(22)14-20(4-2)13-15-7-9-16(10-8-15)18(23)21-11-5-6-12-21/h7-10H,3-6,11-14H2,1-2H3,(H,19,22). The van der Waals surface area contributed by atoms with Crippen LogP contribution in [0.2, 0.25) is 0 Å². The van der Waals surface area contributed by atoms with E-state index in [1.165, 1.54) is 0 Å². The predicted octanol–water partition coefficient (Wildman–Crippen LogP) is 1.88. The van der Waals surface area contributed by atoms with Crippen molar-refractivity contribution in [2.75, 3.05) is 32.7 Å². The van der Waals surface area contributed by atoms with E-state index in [4.69, 9.17) is 0 Å². The number of nitrogens with zero attached hydrogens (tertiary/aromatic N) is 2.